The summed E-state index contributed by atoms with van der Waals surface area (Å²) in [5.41, 5.74) is -0.998. The van der Waals surface area contributed by atoms with Gasteiger partial charge in [0.1, 0.15) is 10.4 Å². The maximum absolute atomic E-state index is 13.0. The number of rotatable bonds is 2. The van der Waals surface area contributed by atoms with Gasteiger partial charge in [-0.05, 0) is 15.9 Å². The van der Waals surface area contributed by atoms with Crippen LogP contribution in [0.25, 0.3) is 0 Å². The lowest BCUT2D eigenvalue weighted by Crippen LogP contribution is -2.15. The summed E-state index contributed by atoms with van der Waals surface area (Å²) < 4.78 is 58.4. The van der Waals surface area contributed by atoms with E-state index in [9.17, 15) is 21.6 Å². The molecule has 15 heavy (non-hydrogen) atoms. The molecule has 4 nitrogen and oxygen atoms in total. The summed E-state index contributed by atoms with van der Waals surface area (Å²) in [7, 11) is -4.22. The van der Waals surface area contributed by atoms with E-state index in [2.05, 4.69) is 26.1 Å². The minimum absolute atomic E-state index is 0.349. The third-order valence-corrected chi connectivity index (χ3v) is 2.84. The van der Waals surface area contributed by atoms with Gasteiger partial charge < -0.3 is 0 Å². The molecule has 0 aliphatic heterocycles. The largest absolute Gasteiger partial charge is 0.269 e. The van der Waals surface area contributed by atoms with Crippen LogP contribution in [0.4, 0.5) is 13.2 Å². The Morgan fingerprint density at radius 3 is 2.33 bits per heavy atom. The smallest absolute Gasteiger partial charge is 0.227 e. The van der Waals surface area contributed by atoms with E-state index in [1.807, 2.05) is 0 Å². The van der Waals surface area contributed by atoms with Crippen LogP contribution in [0.5, 0.6) is 0 Å². The maximum atomic E-state index is 13.0. The molecule has 1 rings (SSSR count). The summed E-state index contributed by atoms with van der Waals surface area (Å²) in [5.74, 6) is -1.38. The van der Waals surface area contributed by atoms with Crippen molar-refractivity contribution < 1.29 is 21.6 Å². The van der Waals surface area contributed by atoms with E-state index in [1.165, 1.54) is 0 Å². The standard InChI is InChI=1S/C6H4BrF3N2O2S/c7-5-4(6(9)10)2(8)1-3(12-5)15(11,13)14/h1,6H,(H2,11,13,14). The van der Waals surface area contributed by atoms with Crippen molar-refractivity contribution in [2.24, 2.45) is 5.14 Å². The number of hydrogen-bond donors (Lipinski definition) is 1. The van der Waals surface area contributed by atoms with Gasteiger partial charge in [-0.1, -0.05) is 0 Å². The molecular formula is C6H4BrF3N2O2S. The summed E-state index contributed by atoms with van der Waals surface area (Å²) in [5, 5.41) is 3.85. The minimum Gasteiger partial charge on any atom is -0.227 e. The summed E-state index contributed by atoms with van der Waals surface area (Å²) >= 11 is 2.54. The average Bonchev–Trinajstić information content (AvgIpc) is 1.99. The lowest BCUT2D eigenvalue weighted by Gasteiger charge is -2.05. The van der Waals surface area contributed by atoms with E-state index >= 15 is 0 Å². The molecule has 9 heteroatoms. The molecular weight excluding hydrogens is 301 g/mol. The van der Waals surface area contributed by atoms with Gasteiger partial charge in [0.15, 0.2) is 5.03 Å². The fourth-order valence-electron chi connectivity index (χ4n) is 0.814. The molecule has 1 aromatic heterocycles. The van der Waals surface area contributed by atoms with Crippen molar-refractivity contribution in [1.29, 1.82) is 0 Å². The second-order valence-electron chi connectivity index (χ2n) is 2.49. The van der Waals surface area contributed by atoms with Gasteiger partial charge in [-0.25, -0.2) is 31.7 Å². The first-order chi connectivity index (χ1) is 6.73. The Labute approximate surface area is 91.5 Å². The average molecular weight is 305 g/mol. The number of halogens is 4. The number of pyridine rings is 1. The molecule has 1 aromatic rings. The first-order valence-electron chi connectivity index (χ1n) is 3.40. The van der Waals surface area contributed by atoms with Crippen molar-refractivity contribution in [3.8, 4) is 0 Å². The number of nitrogens with two attached hydrogens (primary N) is 1. The SMILES string of the molecule is NS(=O)(=O)c1cc(F)c(C(F)F)c(Br)n1. The lowest BCUT2D eigenvalue weighted by atomic mass is 10.3. The molecule has 0 bridgehead atoms. The summed E-state index contributed by atoms with van der Waals surface area (Å²) in [6.45, 7) is 0. The maximum Gasteiger partial charge on any atom is 0.269 e. The summed E-state index contributed by atoms with van der Waals surface area (Å²) in [6.07, 6.45) is -3.10. The third kappa shape index (κ3) is 2.67. The Morgan fingerprint density at radius 2 is 2.00 bits per heavy atom. The van der Waals surface area contributed by atoms with Crippen molar-refractivity contribution in [2.75, 3.05) is 0 Å². The van der Waals surface area contributed by atoms with Crippen molar-refractivity contribution in [1.82, 2.24) is 4.98 Å². The number of sulfonamides is 1. The second kappa shape index (κ2) is 4.06. The molecule has 0 spiro atoms. The number of nitrogens with zero attached hydrogens (tertiary/aromatic N) is 1. The predicted octanol–water partition coefficient (Wildman–Crippen LogP) is 1.57. The monoisotopic (exact) mass is 304 g/mol. The van der Waals surface area contributed by atoms with Gasteiger partial charge in [-0.2, -0.15) is 0 Å². The molecule has 0 fully saturated rings. The zero-order chi connectivity index (χ0) is 11.8. The van der Waals surface area contributed by atoms with Crippen LogP contribution in [0.3, 0.4) is 0 Å². The molecule has 2 N–H and O–H groups in total. The van der Waals surface area contributed by atoms with Gasteiger partial charge in [-0.15, -0.1) is 0 Å². The predicted molar refractivity (Wildman–Crippen MR) is 48.2 cm³/mol. The minimum atomic E-state index is -4.22. The zero-order valence-corrected chi connectivity index (χ0v) is 9.32. The van der Waals surface area contributed by atoms with E-state index in [-0.39, 0.29) is 0 Å². The van der Waals surface area contributed by atoms with Crippen LogP contribution in [-0.4, -0.2) is 13.4 Å². The van der Waals surface area contributed by atoms with Gasteiger partial charge in [-0.3, -0.25) is 0 Å². The number of alkyl halides is 2. The Kier molecular flexibility index (Phi) is 3.36. The normalized spacial score (nSPS) is 12.1. The molecule has 84 valence electrons. The van der Waals surface area contributed by atoms with Crippen molar-refractivity contribution in [2.45, 2.75) is 11.5 Å². The van der Waals surface area contributed by atoms with E-state index in [0.29, 0.717) is 6.07 Å². The Morgan fingerprint density at radius 1 is 1.47 bits per heavy atom. The fraction of sp³-hybridized carbons (Fsp3) is 0.167. The molecule has 1 heterocycles. The van der Waals surface area contributed by atoms with Crippen molar-refractivity contribution in [3.63, 3.8) is 0 Å². The Bertz CT molecular complexity index is 468. The number of primary sulfonamides is 1. The lowest BCUT2D eigenvalue weighted by molar-refractivity contribution is 0.144. The zero-order valence-electron chi connectivity index (χ0n) is 6.92. The number of hydrogen-bond acceptors (Lipinski definition) is 3. The van der Waals surface area contributed by atoms with E-state index in [1.54, 1.807) is 0 Å². The highest BCUT2D eigenvalue weighted by Gasteiger charge is 2.22. The topological polar surface area (TPSA) is 73.1 Å². The van der Waals surface area contributed by atoms with Crippen LogP contribution in [0.1, 0.15) is 12.0 Å². The van der Waals surface area contributed by atoms with E-state index in [0.717, 1.165) is 0 Å². The highest BCUT2D eigenvalue weighted by atomic mass is 79.9. The first kappa shape index (κ1) is 12.4. The third-order valence-electron chi connectivity index (χ3n) is 1.45. The molecule has 0 radical (unpaired) electrons. The van der Waals surface area contributed by atoms with E-state index < -0.39 is 37.5 Å². The first-order valence-corrected chi connectivity index (χ1v) is 5.74. The molecule has 0 aliphatic rings. The fourth-order valence-corrected chi connectivity index (χ4v) is 1.97. The van der Waals surface area contributed by atoms with Crippen LogP contribution in [0.15, 0.2) is 15.7 Å². The molecule has 0 atom stereocenters. The van der Waals surface area contributed by atoms with Gasteiger partial charge in [0, 0.05) is 6.07 Å². The highest BCUT2D eigenvalue weighted by Crippen LogP contribution is 2.29. The number of aromatic nitrogens is 1. The summed E-state index contributed by atoms with van der Waals surface area (Å²) in [6, 6.07) is 0.349. The Balaban J connectivity index is 3.45. The summed E-state index contributed by atoms with van der Waals surface area (Å²) in [4.78, 5) is 3.21. The molecule has 0 aromatic carbocycles. The molecule has 0 saturated carbocycles. The van der Waals surface area contributed by atoms with Gasteiger partial charge in [0.2, 0.25) is 0 Å². The van der Waals surface area contributed by atoms with Gasteiger partial charge in [0.05, 0.1) is 5.56 Å². The molecule has 0 amide bonds. The van der Waals surface area contributed by atoms with Crippen LogP contribution in [0, 0.1) is 5.82 Å². The highest BCUT2D eigenvalue weighted by molar-refractivity contribution is 9.10. The van der Waals surface area contributed by atoms with Crippen LogP contribution in [0.2, 0.25) is 0 Å². The quantitative estimate of drug-likeness (QED) is 0.843. The molecule has 0 aliphatic carbocycles. The van der Waals surface area contributed by atoms with Crippen LogP contribution < -0.4 is 5.14 Å². The van der Waals surface area contributed by atoms with Gasteiger partial charge >= 0.3 is 0 Å². The second-order valence-corrected chi connectivity index (χ2v) is 4.75. The molecule has 0 unspecified atom stereocenters. The van der Waals surface area contributed by atoms with Crippen LogP contribution in [-0.2, 0) is 10.0 Å². The van der Waals surface area contributed by atoms with Gasteiger partial charge in [0.25, 0.3) is 16.4 Å². The van der Waals surface area contributed by atoms with Crippen LogP contribution >= 0.6 is 15.9 Å². The Hall–Kier alpha value is -0.670. The van der Waals surface area contributed by atoms with E-state index in [4.69, 9.17) is 0 Å². The van der Waals surface area contributed by atoms with Crippen molar-refractivity contribution >= 4 is 26.0 Å². The van der Waals surface area contributed by atoms with Crippen molar-refractivity contribution in [3.05, 3.63) is 22.1 Å². The molecule has 0 saturated heterocycles.